The Hall–Kier alpha value is -3.30. The van der Waals surface area contributed by atoms with Crippen LogP contribution in [-0.4, -0.2) is 45.2 Å². The number of hydrogen-bond acceptors (Lipinski definition) is 5. The van der Waals surface area contributed by atoms with E-state index in [0.717, 1.165) is 48.9 Å². The standard InChI is InChI=1S/C28H28F2N2O4S/c1-37(34,35)31-28(33)24-13-23(19-7-8-19)26(14-25(24)30)36-17-18-15-32(16-18)27(20-5-3-2-4-6-20)21-9-11-22(29)12-10-21/h2-6,9-14,18-19,27H,7-8,15-17H2,1H3,(H,31,33)/t27-/m1/s1. The lowest BCUT2D eigenvalue weighted by Gasteiger charge is -2.44. The van der Waals surface area contributed by atoms with Gasteiger partial charge in [-0.25, -0.2) is 21.9 Å². The van der Waals surface area contributed by atoms with Crippen LogP contribution in [0.2, 0.25) is 0 Å². The molecule has 0 aromatic heterocycles. The molecular weight excluding hydrogens is 498 g/mol. The van der Waals surface area contributed by atoms with E-state index in [2.05, 4.69) is 17.0 Å². The Labute approximate surface area is 215 Å². The lowest BCUT2D eigenvalue weighted by molar-refractivity contribution is 0.0375. The van der Waals surface area contributed by atoms with Gasteiger partial charge in [0.2, 0.25) is 10.0 Å². The summed E-state index contributed by atoms with van der Waals surface area (Å²) in [6, 6.07) is 19.2. The number of likely N-dealkylation sites (tertiary alicyclic amines) is 1. The van der Waals surface area contributed by atoms with Crippen molar-refractivity contribution >= 4 is 15.9 Å². The van der Waals surface area contributed by atoms with Crippen molar-refractivity contribution < 1.29 is 26.7 Å². The van der Waals surface area contributed by atoms with E-state index < -0.39 is 21.7 Å². The van der Waals surface area contributed by atoms with Gasteiger partial charge >= 0.3 is 0 Å². The average Bonchev–Trinajstić information content (AvgIpc) is 3.66. The third kappa shape index (κ3) is 5.99. The highest BCUT2D eigenvalue weighted by atomic mass is 32.2. The van der Waals surface area contributed by atoms with Crippen LogP contribution >= 0.6 is 0 Å². The quantitative estimate of drug-likeness (QED) is 0.440. The summed E-state index contributed by atoms with van der Waals surface area (Å²) in [4.78, 5) is 14.6. The molecule has 6 nitrogen and oxygen atoms in total. The zero-order valence-corrected chi connectivity index (χ0v) is 21.2. The molecule has 0 bridgehead atoms. The minimum absolute atomic E-state index is 0.00911. The second-order valence-electron chi connectivity index (χ2n) is 9.84. The highest BCUT2D eigenvalue weighted by molar-refractivity contribution is 7.89. The molecule has 3 aromatic rings. The molecule has 2 fully saturated rings. The van der Waals surface area contributed by atoms with Crippen molar-refractivity contribution in [3.8, 4) is 5.75 Å². The number of nitrogens with one attached hydrogen (secondary N) is 1. The van der Waals surface area contributed by atoms with Crippen LogP contribution in [0.1, 0.15) is 51.8 Å². The summed E-state index contributed by atoms with van der Waals surface area (Å²) in [5.41, 5.74) is 2.55. The largest absolute Gasteiger partial charge is 0.493 e. The van der Waals surface area contributed by atoms with Crippen molar-refractivity contribution in [3.63, 3.8) is 0 Å². The molecule has 1 atom stereocenters. The summed E-state index contributed by atoms with van der Waals surface area (Å²) in [6.07, 6.45) is 2.66. The first-order valence-electron chi connectivity index (χ1n) is 12.2. The van der Waals surface area contributed by atoms with Crippen LogP contribution < -0.4 is 9.46 Å². The van der Waals surface area contributed by atoms with E-state index >= 15 is 0 Å². The van der Waals surface area contributed by atoms with Crippen molar-refractivity contribution in [2.24, 2.45) is 5.92 Å². The smallest absolute Gasteiger partial charge is 0.267 e. The number of carbonyl (C=O) groups excluding carboxylic acids is 1. The zero-order valence-electron chi connectivity index (χ0n) is 20.4. The SMILES string of the molecule is CS(=O)(=O)NC(=O)c1cc(C2CC2)c(OCC2CN([C@H](c3ccccc3)c3ccc(F)cc3)C2)cc1F. The molecule has 1 saturated heterocycles. The molecular formula is C28H28F2N2O4S. The van der Waals surface area contributed by atoms with E-state index in [9.17, 15) is 22.0 Å². The summed E-state index contributed by atoms with van der Waals surface area (Å²) >= 11 is 0. The molecule has 37 heavy (non-hydrogen) atoms. The molecule has 3 aromatic carbocycles. The molecule has 9 heteroatoms. The Morgan fingerprint density at radius 2 is 1.68 bits per heavy atom. The van der Waals surface area contributed by atoms with Crippen molar-refractivity contribution in [1.29, 1.82) is 0 Å². The fourth-order valence-corrected chi connectivity index (χ4v) is 5.28. The van der Waals surface area contributed by atoms with E-state index in [0.29, 0.717) is 12.4 Å². The maximum absolute atomic E-state index is 14.8. The second kappa shape index (κ2) is 10.2. The number of carbonyl (C=O) groups is 1. The Morgan fingerprint density at radius 1 is 1.03 bits per heavy atom. The van der Waals surface area contributed by atoms with Gasteiger partial charge < -0.3 is 4.74 Å². The first kappa shape index (κ1) is 25.4. The van der Waals surface area contributed by atoms with E-state index in [1.807, 2.05) is 35.1 Å². The van der Waals surface area contributed by atoms with Gasteiger partial charge in [-0.05, 0) is 53.6 Å². The molecule has 1 saturated carbocycles. The molecule has 1 amide bonds. The number of hydrogen-bond donors (Lipinski definition) is 1. The Kier molecular flexibility index (Phi) is 7.00. The Bertz CT molecular complexity index is 1390. The van der Waals surface area contributed by atoms with Crippen LogP contribution in [0.4, 0.5) is 8.78 Å². The lowest BCUT2D eigenvalue weighted by atomic mass is 9.90. The van der Waals surface area contributed by atoms with Crippen LogP contribution in [0, 0.1) is 17.6 Å². The average molecular weight is 527 g/mol. The molecule has 2 aliphatic rings. The molecule has 1 aliphatic heterocycles. The van der Waals surface area contributed by atoms with Gasteiger partial charge in [-0.3, -0.25) is 9.69 Å². The van der Waals surface area contributed by atoms with Gasteiger partial charge in [-0.1, -0.05) is 42.5 Å². The van der Waals surface area contributed by atoms with Gasteiger partial charge in [0.15, 0.2) is 0 Å². The Morgan fingerprint density at radius 3 is 2.30 bits per heavy atom. The summed E-state index contributed by atoms with van der Waals surface area (Å²) in [7, 11) is -3.81. The third-order valence-electron chi connectivity index (χ3n) is 6.77. The van der Waals surface area contributed by atoms with Gasteiger partial charge in [0, 0.05) is 25.1 Å². The number of rotatable bonds is 9. The van der Waals surface area contributed by atoms with Crippen LogP contribution in [0.15, 0.2) is 66.7 Å². The van der Waals surface area contributed by atoms with Crippen LogP contribution in [0.5, 0.6) is 5.75 Å². The van der Waals surface area contributed by atoms with Crippen LogP contribution in [0.25, 0.3) is 0 Å². The number of halogens is 2. The third-order valence-corrected chi connectivity index (χ3v) is 7.32. The van der Waals surface area contributed by atoms with E-state index in [1.165, 1.54) is 24.3 Å². The van der Waals surface area contributed by atoms with Gasteiger partial charge in [0.25, 0.3) is 5.91 Å². The van der Waals surface area contributed by atoms with Crippen LogP contribution in [-0.2, 0) is 10.0 Å². The number of nitrogens with zero attached hydrogens (tertiary/aromatic N) is 1. The first-order valence-corrected chi connectivity index (χ1v) is 14.1. The monoisotopic (exact) mass is 526 g/mol. The van der Waals surface area contributed by atoms with Crippen molar-refractivity contribution in [3.05, 3.63) is 101 Å². The lowest BCUT2D eigenvalue weighted by Crippen LogP contribution is -2.51. The zero-order chi connectivity index (χ0) is 26.2. The summed E-state index contributed by atoms with van der Waals surface area (Å²) < 4.78 is 59.0. The van der Waals surface area contributed by atoms with Crippen molar-refractivity contribution in [1.82, 2.24) is 9.62 Å². The van der Waals surface area contributed by atoms with E-state index in [-0.39, 0.29) is 29.3 Å². The molecule has 5 rings (SSSR count). The van der Waals surface area contributed by atoms with Gasteiger partial charge in [-0.15, -0.1) is 0 Å². The topological polar surface area (TPSA) is 75.7 Å². The molecule has 0 unspecified atom stereocenters. The number of amides is 1. The summed E-state index contributed by atoms with van der Waals surface area (Å²) in [5.74, 6) is -1.31. The van der Waals surface area contributed by atoms with E-state index in [1.54, 1.807) is 0 Å². The second-order valence-corrected chi connectivity index (χ2v) is 11.6. The number of benzene rings is 3. The molecule has 1 N–H and O–H groups in total. The van der Waals surface area contributed by atoms with Gasteiger partial charge in [0.1, 0.15) is 17.4 Å². The molecule has 194 valence electrons. The molecule has 0 spiro atoms. The van der Waals surface area contributed by atoms with Gasteiger partial charge in [0.05, 0.1) is 24.5 Å². The van der Waals surface area contributed by atoms with E-state index in [4.69, 9.17) is 4.74 Å². The molecule has 1 heterocycles. The minimum Gasteiger partial charge on any atom is -0.493 e. The predicted octanol–water partition coefficient (Wildman–Crippen LogP) is 4.63. The van der Waals surface area contributed by atoms with Crippen molar-refractivity contribution in [2.75, 3.05) is 26.0 Å². The number of ether oxygens (including phenoxy) is 1. The Balaban J connectivity index is 1.27. The molecule has 1 aliphatic carbocycles. The maximum atomic E-state index is 14.8. The summed E-state index contributed by atoms with van der Waals surface area (Å²) in [6.45, 7) is 1.90. The maximum Gasteiger partial charge on any atom is 0.267 e. The number of sulfonamides is 1. The highest BCUT2D eigenvalue weighted by Crippen LogP contribution is 2.45. The van der Waals surface area contributed by atoms with Crippen molar-refractivity contribution in [2.45, 2.75) is 24.8 Å². The minimum atomic E-state index is -3.81. The van der Waals surface area contributed by atoms with Crippen LogP contribution in [0.3, 0.4) is 0 Å². The van der Waals surface area contributed by atoms with Gasteiger partial charge in [-0.2, -0.15) is 0 Å². The normalized spacial score (nSPS) is 17.2. The fraction of sp³-hybridized carbons (Fsp3) is 0.321. The highest BCUT2D eigenvalue weighted by Gasteiger charge is 2.35. The predicted molar refractivity (Wildman–Crippen MR) is 136 cm³/mol. The fourth-order valence-electron chi connectivity index (χ4n) is 4.84. The molecule has 0 radical (unpaired) electrons. The summed E-state index contributed by atoms with van der Waals surface area (Å²) in [5, 5.41) is 0. The first-order chi connectivity index (χ1) is 17.7.